The predicted molar refractivity (Wildman–Crippen MR) is 94.8 cm³/mol. The van der Waals surface area contributed by atoms with E-state index in [-0.39, 0.29) is 0 Å². The van der Waals surface area contributed by atoms with Crippen molar-refractivity contribution in [1.29, 1.82) is 0 Å². The minimum absolute atomic E-state index is 0.716. The van der Waals surface area contributed by atoms with Crippen molar-refractivity contribution < 1.29 is 4.74 Å². The van der Waals surface area contributed by atoms with Crippen LogP contribution in [0.15, 0.2) is 28.7 Å². The van der Waals surface area contributed by atoms with Crippen molar-refractivity contribution >= 4 is 15.9 Å². The molecular formula is C18H30BrNO. The number of rotatable bonds is 12. The number of hydrogen-bond acceptors (Lipinski definition) is 2. The zero-order chi connectivity index (χ0) is 15.3. The highest BCUT2D eigenvalue weighted by molar-refractivity contribution is 9.10. The van der Waals surface area contributed by atoms with E-state index in [0.29, 0.717) is 5.92 Å². The fraction of sp³-hybridized carbons (Fsp3) is 0.667. The standard InChI is InChI=1S/C18H30BrNO/c1-3-4-5-6-8-17(15-20-11-12-21-2)13-16-9-7-10-18(19)14-16/h7,9-10,14,17,20H,3-6,8,11-13,15H2,1-2H3. The van der Waals surface area contributed by atoms with Crippen molar-refractivity contribution in [2.75, 3.05) is 26.8 Å². The van der Waals surface area contributed by atoms with Gasteiger partial charge in [-0.05, 0) is 43.0 Å². The van der Waals surface area contributed by atoms with Crippen molar-refractivity contribution in [2.45, 2.75) is 45.4 Å². The summed E-state index contributed by atoms with van der Waals surface area (Å²) in [6, 6.07) is 8.70. The van der Waals surface area contributed by atoms with Gasteiger partial charge in [0.25, 0.3) is 0 Å². The van der Waals surface area contributed by atoms with E-state index in [2.05, 4.69) is 52.4 Å². The van der Waals surface area contributed by atoms with Crippen LogP contribution in [-0.2, 0) is 11.2 Å². The third kappa shape index (κ3) is 9.28. The first-order chi connectivity index (χ1) is 10.3. The van der Waals surface area contributed by atoms with Gasteiger partial charge in [0.2, 0.25) is 0 Å². The van der Waals surface area contributed by atoms with Gasteiger partial charge in [0.05, 0.1) is 6.61 Å². The van der Waals surface area contributed by atoms with E-state index < -0.39 is 0 Å². The van der Waals surface area contributed by atoms with Gasteiger partial charge >= 0.3 is 0 Å². The van der Waals surface area contributed by atoms with E-state index in [1.165, 1.54) is 42.1 Å². The fourth-order valence-corrected chi connectivity index (χ4v) is 3.06. The molecule has 0 fully saturated rings. The lowest BCUT2D eigenvalue weighted by Gasteiger charge is -2.18. The lowest BCUT2D eigenvalue weighted by atomic mass is 9.93. The normalized spacial score (nSPS) is 12.5. The zero-order valence-corrected chi connectivity index (χ0v) is 15.1. The molecule has 1 aromatic carbocycles. The maximum absolute atomic E-state index is 5.10. The largest absolute Gasteiger partial charge is 0.383 e. The van der Waals surface area contributed by atoms with Gasteiger partial charge in [-0.3, -0.25) is 0 Å². The molecule has 1 rings (SSSR count). The van der Waals surface area contributed by atoms with Gasteiger partial charge in [0, 0.05) is 18.1 Å². The van der Waals surface area contributed by atoms with Gasteiger partial charge in [-0.25, -0.2) is 0 Å². The second-order valence-electron chi connectivity index (χ2n) is 5.75. The summed E-state index contributed by atoms with van der Waals surface area (Å²) in [5.74, 6) is 0.716. The molecular weight excluding hydrogens is 326 g/mol. The van der Waals surface area contributed by atoms with Crippen LogP contribution in [0.5, 0.6) is 0 Å². The molecule has 0 radical (unpaired) electrons. The molecule has 120 valence electrons. The third-order valence-electron chi connectivity index (χ3n) is 3.80. The Balaban J connectivity index is 2.41. The molecule has 1 N–H and O–H groups in total. The SMILES string of the molecule is CCCCCCC(CNCCOC)Cc1cccc(Br)c1. The fourth-order valence-electron chi connectivity index (χ4n) is 2.61. The number of hydrogen-bond donors (Lipinski definition) is 1. The molecule has 1 atom stereocenters. The molecule has 0 saturated heterocycles. The van der Waals surface area contributed by atoms with E-state index >= 15 is 0 Å². The predicted octanol–water partition coefficient (Wildman–Crippen LogP) is 4.81. The molecule has 1 unspecified atom stereocenters. The van der Waals surface area contributed by atoms with Crippen LogP contribution >= 0.6 is 15.9 Å². The van der Waals surface area contributed by atoms with E-state index in [1.807, 2.05) is 0 Å². The maximum atomic E-state index is 5.10. The van der Waals surface area contributed by atoms with Crippen molar-refractivity contribution in [2.24, 2.45) is 5.92 Å². The number of unbranched alkanes of at least 4 members (excludes halogenated alkanes) is 3. The van der Waals surface area contributed by atoms with Crippen molar-refractivity contribution in [3.8, 4) is 0 Å². The number of methoxy groups -OCH3 is 1. The molecule has 0 bridgehead atoms. The first-order valence-electron chi connectivity index (χ1n) is 8.20. The number of ether oxygens (including phenoxy) is 1. The van der Waals surface area contributed by atoms with Gasteiger partial charge in [-0.2, -0.15) is 0 Å². The molecule has 0 aliphatic heterocycles. The summed E-state index contributed by atoms with van der Waals surface area (Å²) in [4.78, 5) is 0. The summed E-state index contributed by atoms with van der Waals surface area (Å²) in [7, 11) is 1.76. The zero-order valence-electron chi connectivity index (χ0n) is 13.5. The Hall–Kier alpha value is -0.380. The van der Waals surface area contributed by atoms with Crippen LogP contribution in [0.25, 0.3) is 0 Å². The van der Waals surface area contributed by atoms with E-state index in [9.17, 15) is 0 Å². The average molecular weight is 356 g/mol. The molecule has 1 aromatic rings. The van der Waals surface area contributed by atoms with Crippen LogP contribution in [0.2, 0.25) is 0 Å². The Bertz CT molecular complexity index is 358. The number of nitrogens with one attached hydrogen (secondary N) is 1. The van der Waals surface area contributed by atoms with E-state index in [0.717, 1.165) is 26.1 Å². The molecule has 0 aliphatic rings. The van der Waals surface area contributed by atoms with Crippen molar-refractivity contribution in [3.63, 3.8) is 0 Å². The summed E-state index contributed by atoms with van der Waals surface area (Å²) < 4.78 is 6.28. The third-order valence-corrected chi connectivity index (χ3v) is 4.29. The second-order valence-corrected chi connectivity index (χ2v) is 6.66. The smallest absolute Gasteiger partial charge is 0.0587 e. The average Bonchev–Trinajstić information content (AvgIpc) is 2.48. The summed E-state index contributed by atoms with van der Waals surface area (Å²) in [6.45, 7) is 5.09. The quantitative estimate of drug-likeness (QED) is 0.543. The molecule has 21 heavy (non-hydrogen) atoms. The van der Waals surface area contributed by atoms with Gasteiger partial charge in [0.15, 0.2) is 0 Å². The van der Waals surface area contributed by atoms with E-state index in [4.69, 9.17) is 4.74 Å². The lowest BCUT2D eigenvalue weighted by molar-refractivity contribution is 0.197. The van der Waals surface area contributed by atoms with Crippen LogP contribution in [0.3, 0.4) is 0 Å². The molecule has 0 aromatic heterocycles. The Labute approximate surface area is 138 Å². The Morgan fingerprint density at radius 3 is 2.81 bits per heavy atom. The monoisotopic (exact) mass is 355 g/mol. The van der Waals surface area contributed by atoms with Crippen molar-refractivity contribution in [1.82, 2.24) is 5.32 Å². The van der Waals surface area contributed by atoms with Crippen LogP contribution in [-0.4, -0.2) is 26.8 Å². The molecule has 0 spiro atoms. The van der Waals surface area contributed by atoms with Gasteiger partial charge in [-0.1, -0.05) is 60.7 Å². The summed E-state index contributed by atoms with van der Waals surface area (Å²) in [6.07, 6.45) is 7.85. The minimum Gasteiger partial charge on any atom is -0.383 e. The molecule has 0 amide bonds. The molecule has 0 saturated carbocycles. The van der Waals surface area contributed by atoms with Gasteiger partial charge < -0.3 is 10.1 Å². The lowest BCUT2D eigenvalue weighted by Crippen LogP contribution is -2.27. The summed E-state index contributed by atoms with van der Waals surface area (Å²) in [5.41, 5.74) is 1.43. The Morgan fingerprint density at radius 1 is 1.24 bits per heavy atom. The summed E-state index contributed by atoms with van der Waals surface area (Å²) >= 11 is 3.57. The molecule has 0 heterocycles. The van der Waals surface area contributed by atoms with E-state index in [1.54, 1.807) is 7.11 Å². The number of benzene rings is 1. The maximum Gasteiger partial charge on any atom is 0.0587 e. The highest BCUT2D eigenvalue weighted by atomic mass is 79.9. The first kappa shape index (κ1) is 18.7. The van der Waals surface area contributed by atoms with Crippen LogP contribution < -0.4 is 5.32 Å². The number of halogens is 1. The first-order valence-corrected chi connectivity index (χ1v) is 8.99. The Kier molecular flexibility index (Phi) is 10.8. The molecule has 3 heteroatoms. The summed E-state index contributed by atoms with van der Waals surface area (Å²) in [5, 5.41) is 3.53. The topological polar surface area (TPSA) is 21.3 Å². The molecule has 0 aliphatic carbocycles. The molecule has 2 nitrogen and oxygen atoms in total. The highest BCUT2D eigenvalue weighted by Crippen LogP contribution is 2.19. The van der Waals surface area contributed by atoms with Crippen molar-refractivity contribution in [3.05, 3.63) is 34.3 Å². The van der Waals surface area contributed by atoms with Gasteiger partial charge in [0.1, 0.15) is 0 Å². The van der Waals surface area contributed by atoms with Crippen LogP contribution in [0, 0.1) is 5.92 Å². The van der Waals surface area contributed by atoms with Crippen LogP contribution in [0.1, 0.15) is 44.6 Å². The Morgan fingerprint density at radius 2 is 2.10 bits per heavy atom. The second kappa shape index (κ2) is 12.2. The van der Waals surface area contributed by atoms with Gasteiger partial charge in [-0.15, -0.1) is 0 Å². The highest BCUT2D eigenvalue weighted by Gasteiger charge is 2.10. The van der Waals surface area contributed by atoms with Crippen LogP contribution in [0.4, 0.5) is 0 Å². The minimum atomic E-state index is 0.716.